The third kappa shape index (κ3) is 1.21. The Hall–Kier alpha value is -2.68. The number of nitro benzene ring substituents is 1. The van der Waals surface area contributed by atoms with Gasteiger partial charge in [0.05, 0.1) is 11.9 Å². The van der Waals surface area contributed by atoms with E-state index in [2.05, 4.69) is 0 Å². The third-order valence-electron chi connectivity index (χ3n) is 3.62. The minimum Gasteiger partial charge on any atom is -0.258 e. The molecule has 0 amide bonds. The molecule has 0 atom stereocenters. The van der Waals surface area contributed by atoms with Gasteiger partial charge in [-0.2, -0.15) is 0 Å². The van der Waals surface area contributed by atoms with Gasteiger partial charge in [-0.1, -0.05) is 48.5 Å². The monoisotopic (exact) mass is 248 g/mol. The van der Waals surface area contributed by atoms with Gasteiger partial charge >= 0.3 is 0 Å². The number of benzene rings is 3. The molecule has 3 aromatic rings. The van der Waals surface area contributed by atoms with Crippen LogP contribution in [-0.4, -0.2) is 4.92 Å². The lowest BCUT2D eigenvalue weighted by Gasteiger charge is -2.02. The molecule has 0 spiro atoms. The van der Waals surface area contributed by atoms with E-state index in [1.165, 1.54) is 6.07 Å². The van der Waals surface area contributed by atoms with Crippen molar-refractivity contribution >= 4 is 16.5 Å². The van der Waals surface area contributed by atoms with Crippen molar-refractivity contribution in [3.8, 4) is 22.3 Å². The van der Waals surface area contributed by atoms with Crippen molar-refractivity contribution in [3.63, 3.8) is 0 Å². The standard InChI is InChI=1S/C16H9NO2/c18-17(19)14-9-3-7-12-11-6-1-4-10-5-2-8-13(15(10)11)16(12)14/h1-9H/i6D. The van der Waals surface area contributed by atoms with E-state index in [9.17, 15) is 10.1 Å². The predicted octanol–water partition coefficient (Wildman–Crippen LogP) is 4.40. The number of fused-ring (bicyclic) bond motifs is 3. The zero-order valence-corrected chi connectivity index (χ0v) is 9.88. The quantitative estimate of drug-likeness (QED) is 0.370. The second-order valence-electron chi connectivity index (χ2n) is 4.58. The van der Waals surface area contributed by atoms with Crippen LogP contribution < -0.4 is 0 Å². The molecule has 0 heterocycles. The SMILES string of the molecule is [2H]c1ccc2cccc3c2c1-c1cccc([N+](=O)[O-])c1-3. The van der Waals surface area contributed by atoms with Gasteiger partial charge in [-0.3, -0.25) is 10.1 Å². The minimum absolute atomic E-state index is 0.102. The Balaban J connectivity index is 2.26. The van der Waals surface area contributed by atoms with Crippen LogP contribution in [-0.2, 0) is 0 Å². The first kappa shape index (κ1) is 9.28. The Morgan fingerprint density at radius 1 is 0.947 bits per heavy atom. The maximum absolute atomic E-state index is 11.3. The van der Waals surface area contributed by atoms with Crippen LogP contribution in [0.5, 0.6) is 0 Å². The van der Waals surface area contributed by atoms with Gasteiger partial charge in [-0.05, 0) is 27.5 Å². The number of nitrogens with zero attached hydrogens (tertiary/aromatic N) is 1. The second kappa shape index (κ2) is 3.42. The van der Waals surface area contributed by atoms with Gasteiger partial charge in [-0.15, -0.1) is 0 Å². The summed E-state index contributed by atoms with van der Waals surface area (Å²) in [5.74, 6) is 0. The zero-order chi connectivity index (χ0) is 13.9. The molecule has 0 fully saturated rings. The van der Waals surface area contributed by atoms with Gasteiger partial charge in [0.2, 0.25) is 0 Å². The first-order chi connectivity index (χ1) is 9.68. The van der Waals surface area contributed by atoms with Crippen LogP contribution in [0.15, 0.2) is 54.6 Å². The average Bonchev–Trinajstić information content (AvgIpc) is 2.79. The largest absolute Gasteiger partial charge is 0.277 e. The van der Waals surface area contributed by atoms with Crippen molar-refractivity contribution < 1.29 is 6.29 Å². The number of nitro groups is 1. The summed E-state index contributed by atoms with van der Waals surface area (Å²) < 4.78 is 8.12. The van der Waals surface area contributed by atoms with E-state index in [1.54, 1.807) is 12.1 Å². The van der Waals surface area contributed by atoms with Crippen molar-refractivity contribution in [2.45, 2.75) is 0 Å². The number of hydrogen-bond acceptors (Lipinski definition) is 2. The van der Waals surface area contributed by atoms with Gasteiger partial charge < -0.3 is 0 Å². The van der Waals surface area contributed by atoms with Crippen LogP contribution in [0.4, 0.5) is 5.69 Å². The molecule has 0 N–H and O–H groups in total. The minimum atomic E-state index is -0.354. The van der Waals surface area contributed by atoms with E-state index in [4.69, 9.17) is 1.37 Å². The van der Waals surface area contributed by atoms with E-state index in [1.807, 2.05) is 30.3 Å². The molecule has 0 unspecified atom stereocenters. The van der Waals surface area contributed by atoms with Gasteiger partial charge in [0.15, 0.2) is 0 Å². The van der Waals surface area contributed by atoms with Crippen molar-refractivity contribution in [1.29, 1.82) is 0 Å². The smallest absolute Gasteiger partial charge is 0.258 e. The molecule has 3 heteroatoms. The van der Waals surface area contributed by atoms with Crippen molar-refractivity contribution in [3.05, 3.63) is 64.7 Å². The fourth-order valence-electron chi connectivity index (χ4n) is 2.88. The summed E-state index contributed by atoms with van der Waals surface area (Å²) in [7, 11) is 0. The molecule has 0 aromatic heterocycles. The van der Waals surface area contributed by atoms with Gasteiger partial charge in [0.1, 0.15) is 0 Å². The Morgan fingerprint density at radius 2 is 1.68 bits per heavy atom. The molecule has 90 valence electrons. The summed E-state index contributed by atoms with van der Waals surface area (Å²) in [6, 6.07) is 14.9. The first-order valence-electron chi connectivity index (χ1n) is 6.49. The Kier molecular flexibility index (Phi) is 1.67. The predicted molar refractivity (Wildman–Crippen MR) is 75.0 cm³/mol. The number of rotatable bonds is 1. The average molecular weight is 248 g/mol. The number of hydrogen-bond donors (Lipinski definition) is 0. The molecule has 0 saturated carbocycles. The highest BCUT2D eigenvalue weighted by Gasteiger charge is 2.27. The summed E-state index contributed by atoms with van der Waals surface area (Å²) >= 11 is 0. The molecule has 0 saturated heterocycles. The Labute approximate surface area is 110 Å². The summed E-state index contributed by atoms with van der Waals surface area (Å²) in [4.78, 5) is 10.9. The van der Waals surface area contributed by atoms with E-state index >= 15 is 0 Å². The molecule has 1 aliphatic carbocycles. The van der Waals surface area contributed by atoms with Gasteiger partial charge in [0, 0.05) is 6.07 Å². The van der Waals surface area contributed by atoms with E-state index in [-0.39, 0.29) is 10.6 Å². The molecular weight excluding hydrogens is 238 g/mol. The fourth-order valence-corrected chi connectivity index (χ4v) is 2.88. The molecule has 0 bridgehead atoms. The van der Waals surface area contributed by atoms with Crippen LogP contribution in [0, 0.1) is 10.1 Å². The van der Waals surface area contributed by atoms with Crippen molar-refractivity contribution in [2.75, 3.05) is 0 Å². The Bertz CT molecular complexity index is 902. The highest BCUT2D eigenvalue weighted by atomic mass is 16.6. The molecule has 19 heavy (non-hydrogen) atoms. The topological polar surface area (TPSA) is 43.1 Å². The maximum atomic E-state index is 11.3. The third-order valence-corrected chi connectivity index (χ3v) is 3.62. The fraction of sp³-hybridized carbons (Fsp3) is 0. The molecule has 0 radical (unpaired) electrons. The molecule has 4 rings (SSSR count). The molecule has 3 aromatic carbocycles. The summed E-state index contributed by atoms with van der Waals surface area (Å²) in [5, 5.41) is 13.2. The molecule has 0 aliphatic heterocycles. The first-order valence-corrected chi connectivity index (χ1v) is 5.99. The maximum Gasteiger partial charge on any atom is 0.277 e. The lowest BCUT2D eigenvalue weighted by Crippen LogP contribution is -1.91. The van der Waals surface area contributed by atoms with Crippen LogP contribution in [0.25, 0.3) is 33.0 Å². The highest BCUT2D eigenvalue weighted by molar-refractivity contribution is 6.16. The van der Waals surface area contributed by atoms with Crippen molar-refractivity contribution in [2.24, 2.45) is 0 Å². The molecular formula is C16H9NO2. The van der Waals surface area contributed by atoms with E-state index in [0.29, 0.717) is 11.6 Å². The van der Waals surface area contributed by atoms with Crippen LogP contribution in [0.3, 0.4) is 0 Å². The van der Waals surface area contributed by atoms with E-state index in [0.717, 1.165) is 27.5 Å². The van der Waals surface area contributed by atoms with Gasteiger partial charge in [0.25, 0.3) is 5.69 Å². The second-order valence-corrected chi connectivity index (χ2v) is 4.58. The van der Waals surface area contributed by atoms with Crippen molar-refractivity contribution in [1.82, 2.24) is 0 Å². The highest BCUT2D eigenvalue weighted by Crippen LogP contribution is 2.50. The lowest BCUT2D eigenvalue weighted by molar-refractivity contribution is -0.384. The molecule has 3 nitrogen and oxygen atoms in total. The lowest BCUT2D eigenvalue weighted by atomic mass is 10.0. The summed E-state index contributed by atoms with van der Waals surface area (Å²) in [6.45, 7) is 0. The summed E-state index contributed by atoms with van der Waals surface area (Å²) in [6.07, 6.45) is 0. The summed E-state index contributed by atoms with van der Waals surface area (Å²) in [5.41, 5.74) is 3.19. The van der Waals surface area contributed by atoms with Crippen LogP contribution in [0.1, 0.15) is 1.37 Å². The van der Waals surface area contributed by atoms with Gasteiger partial charge in [-0.25, -0.2) is 0 Å². The Morgan fingerprint density at radius 3 is 2.53 bits per heavy atom. The molecule has 1 aliphatic rings. The zero-order valence-electron chi connectivity index (χ0n) is 10.9. The van der Waals surface area contributed by atoms with Crippen LogP contribution in [0.2, 0.25) is 0 Å². The normalized spacial score (nSPS) is 12.3. The van der Waals surface area contributed by atoms with Crippen LogP contribution >= 0.6 is 0 Å². The van der Waals surface area contributed by atoms with E-state index < -0.39 is 0 Å².